The predicted molar refractivity (Wildman–Crippen MR) is 68.7 cm³/mol. The lowest BCUT2D eigenvalue weighted by Gasteiger charge is -2.16. The lowest BCUT2D eigenvalue weighted by molar-refractivity contribution is 0.321. The number of hydrogen-bond acceptors (Lipinski definition) is 2. The highest BCUT2D eigenvalue weighted by atomic mass is 15.1. The van der Waals surface area contributed by atoms with Gasteiger partial charge in [-0.05, 0) is 31.6 Å². The van der Waals surface area contributed by atoms with Crippen LogP contribution in [0.4, 0.5) is 0 Å². The number of unbranched alkanes of at least 4 members (excludes halogenated alkanes) is 1. The minimum Gasteiger partial charge on any atom is -0.384 e. The summed E-state index contributed by atoms with van der Waals surface area (Å²) in [6.45, 7) is 4.23. The van der Waals surface area contributed by atoms with Gasteiger partial charge in [0.2, 0.25) is 0 Å². The van der Waals surface area contributed by atoms with Crippen LogP contribution in [0.3, 0.4) is 0 Å². The van der Waals surface area contributed by atoms with Gasteiger partial charge >= 0.3 is 0 Å². The minimum atomic E-state index is 0.137. The zero-order valence-electron chi connectivity index (χ0n) is 10.2. The van der Waals surface area contributed by atoms with Crippen molar-refractivity contribution >= 4 is 5.84 Å². The normalized spacial score (nSPS) is 10.7. The van der Waals surface area contributed by atoms with E-state index in [1.165, 1.54) is 18.4 Å². The Morgan fingerprint density at radius 2 is 2.19 bits per heavy atom. The molecule has 1 aromatic carbocycles. The Hall–Kier alpha value is -1.35. The average molecular weight is 219 g/mol. The van der Waals surface area contributed by atoms with Gasteiger partial charge in [0, 0.05) is 12.1 Å². The number of nitrogens with one attached hydrogen (secondary N) is 1. The second-order valence-corrected chi connectivity index (χ2v) is 4.21. The number of benzene rings is 1. The van der Waals surface area contributed by atoms with Crippen LogP contribution in [0.5, 0.6) is 0 Å². The van der Waals surface area contributed by atoms with Crippen molar-refractivity contribution in [3.63, 3.8) is 0 Å². The van der Waals surface area contributed by atoms with E-state index in [1.807, 2.05) is 18.2 Å². The van der Waals surface area contributed by atoms with E-state index in [-0.39, 0.29) is 5.84 Å². The fourth-order valence-electron chi connectivity index (χ4n) is 1.66. The van der Waals surface area contributed by atoms with E-state index >= 15 is 0 Å². The van der Waals surface area contributed by atoms with Crippen LogP contribution in [0.25, 0.3) is 0 Å². The first-order valence-electron chi connectivity index (χ1n) is 5.75. The van der Waals surface area contributed by atoms with Gasteiger partial charge in [0.25, 0.3) is 0 Å². The lowest BCUT2D eigenvalue weighted by atomic mass is 10.1. The Kier molecular flexibility index (Phi) is 4.99. The van der Waals surface area contributed by atoms with Gasteiger partial charge in [-0.15, -0.1) is 0 Å². The van der Waals surface area contributed by atoms with Crippen molar-refractivity contribution in [2.75, 3.05) is 13.6 Å². The van der Waals surface area contributed by atoms with Crippen LogP contribution >= 0.6 is 0 Å². The van der Waals surface area contributed by atoms with Gasteiger partial charge < -0.3 is 10.6 Å². The van der Waals surface area contributed by atoms with E-state index in [1.54, 1.807) is 0 Å². The topological polar surface area (TPSA) is 53.1 Å². The number of amidine groups is 1. The first-order chi connectivity index (χ1) is 7.63. The summed E-state index contributed by atoms with van der Waals surface area (Å²) in [4.78, 5) is 2.29. The Labute approximate surface area is 97.8 Å². The Morgan fingerprint density at radius 1 is 1.44 bits per heavy atom. The number of nitrogen functional groups attached to an aromatic ring is 1. The van der Waals surface area contributed by atoms with Crippen molar-refractivity contribution in [1.29, 1.82) is 5.41 Å². The van der Waals surface area contributed by atoms with Gasteiger partial charge in [-0.1, -0.05) is 31.5 Å². The quantitative estimate of drug-likeness (QED) is 0.569. The highest BCUT2D eigenvalue weighted by Gasteiger charge is 2.02. The largest absolute Gasteiger partial charge is 0.384 e. The molecular formula is C13H21N3. The van der Waals surface area contributed by atoms with E-state index in [2.05, 4.69) is 24.9 Å². The molecule has 16 heavy (non-hydrogen) atoms. The van der Waals surface area contributed by atoms with Crippen molar-refractivity contribution in [1.82, 2.24) is 4.90 Å². The van der Waals surface area contributed by atoms with Crippen molar-refractivity contribution in [3.8, 4) is 0 Å². The van der Waals surface area contributed by atoms with Crippen molar-refractivity contribution < 1.29 is 0 Å². The molecule has 3 nitrogen and oxygen atoms in total. The molecule has 0 amide bonds. The third-order valence-electron chi connectivity index (χ3n) is 2.58. The van der Waals surface area contributed by atoms with E-state index in [4.69, 9.17) is 11.1 Å². The molecule has 0 fully saturated rings. The van der Waals surface area contributed by atoms with Gasteiger partial charge in [-0.25, -0.2) is 0 Å². The second kappa shape index (κ2) is 6.28. The molecule has 0 spiro atoms. The van der Waals surface area contributed by atoms with E-state index in [0.29, 0.717) is 0 Å². The number of nitrogens with two attached hydrogens (primary N) is 1. The summed E-state index contributed by atoms with van der Waals surface area (Å²) in [5.74, 6) is 0.137. The summed E-state index contributed by atoms with van der Waals surface area (Å²) in [5.41, 5.74) is 7.48. The number of hydrogen-bond donors (Lipinski definition) is 2. The molecule has 0 unspecified atom stereocenters. The SMILES string of the molecule is CCCCN(C)Cc1cccc(C(=N)N)c1. The molecule has 0 heterocycles. The second-order valence-electron chi connectivity index (χ2n) is 4.21. The van der Waals surface area contributed by atoms with E-state index in [0.717, 1.165) is 18.7 Å². The van der Waals surface area contributed by atoms with Crippen molar-refractivity contribution in [2.24, 2.45) is 5.73 Å². The van der Waals surface area contributed by atoms with Crippen LogP contribution in [0, 0.1) is 5.41 Å². The maximum absolute atomic E-state index is 7.39. The minimum absolute atomic E-state index is 0.137. The smallest absolute Gasteiger partial charge is 0.122 e. The summed E-state index contributed by atoms with van der Waals surface area (Å²) in [7, 11) is 2.12. The van der Waals surface area contributed by atoms with Crippen LogP contribution in [0.2, 0.25) is 0 Å². The summed E-state index contributed by atoms with van der Waals surface area (Å²) in [6.07, 6.45) is 2.45. The maximum Gasteiger partial charge on any atom is 0.122 e. The predicted octanol–water partition coefficient (Wildman–Crippen LogP) is 2.20. The van der Waals surface area contributed by atoms with Gasteiger partial charge in [0.15, 0.2) is 0 Å². The standard InChI is InChI=1S/C13H21N3/c1-3-4-8-16(2)10-11-6-5-7-12(9-11)13(14)15/h5-7,9H,3-4,8,10H2,1-2H3,(H3,14,15). The van der Waals surface area contributed by atoms with Crippen LogP contribution < -0.4 is 5.73 Å². The zero-order chi connectivity index (χ0) is 12.0. The Balaban J connectivity index is 2.59. The third kappa shape index (κ3) is 4.03. The first-order valence-corrected chi connectivity index (χ1v) is 5.75. The van der Waals surface area contributed by atoms with Crippen LogP contribution in [-0.2, 0) is 6.54 Å². The molecule has 0 radical (unpaired) electrons. The average Bonchev–Trinajstić information content (AvgIpc) is 2.26. The van der Waals surface area contributed by atoms with E-state index in [9.17, 15) is 0 Å². The molecule has 0 aliphatic rings. The summed E-state index contributed by atoms with van der Waals surface area (Å²) in [5, 5.41) is 7.39. The summed E-state index contributed by atoms with van der Waals surface area (Å²) in [6, 6.07) is 7.90. The van der Waals surface area contributed by atoms with Gasteiger partial charge in [-0.3, -0.25) is 5.41 Å². The van der Waals surface area contributed by atoms with Gasteiger partial charge in [0.1, 0.15) is 5.84 Å². The monoisotopic (exact) mass is 219 g/mol. The molecule has 0 bridgehead atoms. The number of nitrogens with zero attached hydrogens (tertiary/aromatic N) is 1. The van der Waals surface area contributed by atoms with Crippen LogP contribution in [0.1, 0.15) is 30.9 Å². The Morgan fingerprint density at radius 3 is 2.81 bits per heavy atom. The lowest BCUT2D eigenvalue weighted by Crippen LogP contribution is -2.19. The molecule has 3 N–H and O–H groups in total. The maximum atomic E-state index is 7.39. The number of rotatable bonds is 6. The first kappa shape index (κ1) is 12.7. The third-order valence-corrected chi connectivity index (χ3v) is 2.58. The highest BCUT2D eigenvalue weighted by molar-refractivity contribution is 5.95. The molecule has 0 aliphatic carbocycles. The molecule has 88 valence electrons. The molecule has 0 saturated heterocycles. The van der Waals surface area contributed by atoms with Crippen molar-refractivity contribution in [3.05, 3.63) is 35.4 Å². The summed E-state index contributed by atoms with van der Waals surface area (Å²) >= 11 is 0. The molecule has 0 atom stereocenters. The van der Waals surface area contributed by atoms with Gasteiger partial charge in [-0.2, -0.15) is 0 Å². The summed E-state index contributed by atoms with van der Waals surface area (Å²) < 4.78 is 0. The Bertz CT molecular complexity index is 347. The molecule has 0 saturated carbocycles. The molecule has 3 heteroatoms. The molecule has 1 rings (SSSR count). The molecule has 1 aromatic rings. The fourth-order valence-corrected chi connectivity index (χ4v) is 1.66. The van der Waals surface area contributed by atoms with Gasteiger partial charge in [0.05, 0.1) is 0 Å². The van der Waals surface area contributed by atoms with Crippen molar-refractivity contribution in [2.45, 2.75) is 26.3 Å². The molecule has 0 aliphatic heterocycles. The van der Waals surface area contributed by atoms with Crippen LogP contribution in [-0.4, -0.2) is 24.3 Å². The highest BCUT2D eigenvalue weighted by Crippen LogP contribution is 2.07. The zero-order valence-corrected chi connectivity index (χ0v) is 10.2. The van der Waals surface area contributed by atoms with E-state index < -0.39 is 0 Å². The molecular weight excluding hydrogens is 198 g/mol. The van der Waals surface area contributed by atoms with Crippen LogP contribution in [0.15, 0.2) is 24.3 Å². The molecule has 0 aromatic heterocycles. The fraction of sp³-hybridized carbons (Fsp3) is 0.462.